The van der Waals surface area contributed by atoms with Gasteiger partial charge in [-0.15, -0.1) is 12.4 Å². The molecule has 1 fully saturated rings. The average molecular weight is 319 g/mol. The van der Waals surface area contributed by atoms with Crippen LogP contribution >= 0.6 is 12.4 Å². The normalized spacial score (nSPS) is 20.2. The van der Waals surface area contributed by atoms with Gasteiger partial charge in [0.1, 0.15) is 0 Å². The minimum Gasteiger partial charge on any atom is -0.328 e. The maximum absolute atomic E-state index is 12.1. The highest BCUT2D eigenvalue weighted by molar-refractivity contribution is 5.92. The van der Waals surface area contributed by atoms with Crippen molar-refractivity contribution in [3.8, 4) is 11.4 Å². The largest absolute Gasteiger partial charge is 0.328 e. The highest BCUT2D eigenvalue weighted by atomic mass is 35.5. The Bertz CT molecular complexity index is 618. The van der Waals surface area contributed by atoms with Crippen LogP contribution in [0, 0.1) is 5.92 Å². The van der Waals surface area contributed by atoms with Crippen LogP contribution in [0.15, 0.2) is 42.7 Å². The maximum atomic E-state index is 12.1. The monoisotopic (exact) mass is 318 g/mol. The molecule has 1 aromatic heterocycles. The minimum absolute atomic E-state index is 0. The molecule has 22 heavy (non-hydrogen) atoms. The summed E-state index contributed by atoms with van der Waals surface area (Å²) in [6.07, 6.45) is 5.82. The van der Waals surface area contributed by atoms with E-state index in [1.807, 2.05) is 30.3 Å². The number of nitrogens with one attached hydrogen (secondary N) is 1. The molecule has 6 heteroatoms. The molecule has 1 aliphatic rings. The zero-order valence-corrected chi connectivity index (χ0v) is 12.9. The first kappa shape index (κ1) is 16.4. The topological polar surface area (TPSA) is 80.9 Å². The molecule has 116 valence electrons. The van der Waals surface area contributed by atoms with Crippen LogP contribution in [0.5, 0.6) is 0 Å². The third-order valence-electron chi connectivity index (χ3n) is 3.80. The molecule has 5 nitrogen and oxygen atoms in total. The van der Waals surface area contributed by atoms with E-state index >= 15 is 0 Å². The third kappa shape index (κ3) is 3.81. The fourth-order valence-electron chi connectivity index (χ4n) is 2.63. The van der Waals surface area contributed by atoms with Gasteiger partial charge in [-0.2, -0.15) is 0 Å². The standard InChI is InChI=1S/C16H18N4O.ClH/c17-13-7-6-12(8-13)16(21)20-14-9-18-15(19-10-14)11-4-2-1-3-5-11;/h1-5,9-10,12-13H,6-8,17H2,(H,20,21);1H. The van der Waals surface area contributed by atoms with Crippen molar-refractivity contribution in [1.29, 1.82) is 0 Å². The molecule has 2 aromatic rings. The summed E-state index contributed by atoms with van der Waals surface area (Å²) in [5, 5.41) is 2.86. The number of halogens is 1. The van der Waals surface area contributed by atoms with Crippen LogP contribution in [0.1, 0.15) is 19.3 Å². The predicted molar refractivity (Wildman–Crippen MR) is 88.7 cm³/mol. The van der Waals surface area contributed by atoms with E-state index in [4.69, 9.17) is 5.73 Å². The molecule has 1 aliphatic carbocycles. The number of carbonyl (C=O) groups is 1. The number of benzene rings is 1. The van der Waals surface area contributed by atoms with E-state index in [9.17, 15) is 4.79 Å². The number of hydrogen-bond acceptors (Lipinski definition) is 4. The van der Waals surface area contributed by atoms with Crippen molar-refractivity contribution in [2.75, 3.05) is 5.32 Å². The summed E-state index contributed by atoms with van der Waals surface area (Å²) >= 11 is 0. The Labute approximate surface area is 135 Å². The van der Waals surface area contributed by atoms with Crippen molar-refractivity contribution in [1.82, 2.24) is 9.97 Å². The molecule has 1 amide bonds. The molecule has 0 aliphatic heterocycles. The Morgan fingerprint density at radius 2 is 1.82 bits per heavy atom. The van der Waals surface area contributed by atoms with Crippen LogP contribution in [0.25, 0.3) is 11.4 Å². The van der Waals surface area contributed by atoms with Crippen LogP contribution in [0.4, 0.5) is 5.69 Å². The van der Waals surface area contributed by atoms with E-state index in [1.54, 1.807) is 12.4 Å². The zero-order chi connectivity index (χ0) is 14.7. The molecule has 0 saturated heterocycles. The summed E-state index contributed by atoms with van der Waals surface area (Å²) in [6, 6.07) is 9.89. The lowest BCUT2D eigenvalue weighted by atomic mass is 10.1. The van der Waals surface area contributed by atoms with E-state index in [-0.39, 0.29) is 30.3 Å². The molecule has 3 N–H and O–H groups in total. The Kier molecular flexibility index (Phi) is 5.46. The first-order chi connectivity index (χ1) is 10.2. The summed E-state index contributed by atoms with van der Waals surface area (Å²) in [6.45, 7) is 0. The highest BCUT2D eigenvalue weighted by Crippen LogP contribution is 2.25. The molecule has 3 rings (SSSR count). The zero-order valence-electron chi connectivity index (χ0n) is 12.1. The Morgan fingerprint density at radius 1 is 1.14 bits per heavy atom. The lowest BCUT2D eigenvalue weighted by Gasteiger charge is -2.10. The number of carbonyl (C=O) groups excluding carboxylic acids is 1. The molecular formula is C16H19ClN4O. The number of aromatic nitrogens is 2. The van der Waals surface area contributed by atoms with Gasteiger partial charge in [-0.25, -0.2) is 9.97 Å². The first-order valence-corrected chi connectivity index (χ1v) is 7.16. The number of hydrogen-bond donors (Lipinski definition) is 2. The van der Waals surface area contributed by atoms with Gasteiger partial charge in [-0.3, -0.25) is 4.79 Å². The van der Waals surface area contributed by atoms with Gasteiger partial charge in [0.25, 0.3) is 0 Å². The van der Waals surface area contributed by atoms with E-state index in [0.29, 0.717) is 11.5 Å². The Morgan fingerprint density at radius 3 is 2.41 bits per heavy atom. The van der Waals surface area contributed by atoms with Crippen molar-refractivity contribution in [2.45, 2.75) is 25.3 Å². The number of amides is 1. The highest BCUT2D eigenvalue weighted by Gasteiger charge is 2.27. The lowest BCUT2D eigenvalue weighted by molar-refractivity contribution is -0.119. The molecule has 1 heterocycles. The lowest BCUT2D eigenvalue weighted by Crippen LogP contribution is -2.23. The Balaban J connectivity index is 0.00000176. The molecule has 1 aromatic carbocycles. The van der Waals surface area contributed by atoms with Crippen molar-refractivity contribution >= 4 is 24.0 Å². The smallest absolute Gasteiger partial charge is 0.227 e. The van der Waals surface area contributed by atoms with Crippen molar-refractivity contribution in [3.63, 3.8) is 0 Å². The SMILES string of the molecule is Cl.NC1CCC(C(=O)Nc2cnc(-c3ccccc3)nc2)C1. The molecular weight excluding hydrogens is 300 g/mol. The summed E-state index contributed by atoms with van der Waals surface area (Å²) in [7, 11) is 0. The van der Waals surface area contributed by atoms with E-state index in [2.05, 4.69) is 15.3 Å². The van der Waals surface area contributed by atoms with E-state index in [1.165, 1.54) is 0 Å². The maximum Gasteiger partial charge on any atom is 0.227 e. The van der Waals surface area contributed by atoms with Gasteiger partial charge in [0, 0.05) is 17.5 Å². The summed E-state index contributed by atoms with van der Waals surface area (Å²) < 4.78 is 0. The predicted octanol–water partition coefficient (Wildman–Crippen LogP) is 2.63. The van der Waals surface area contributed by atoms with Crippen LogP contribution in [-0.4, -0.2) is 21.9 Å². The molecule has 0 radical (unpaired) electrons. The molecule has 2 unspecified atom stereocenters. The fourth-order valence-corrected chi connectivity index (χ4v) is 2.63. The van der Waals surface area contributed by atoms with Crippen LogP contribution in [-0.2, 0) is 4.79 Å². The van der Waals surface area contributed by atoms with Gasteiger partial charge in [0.2, 0.25) is 5.91 Å². The second-order valence-electron chi connectivity index (χ2n) is 5.42. The molecule has 0 spiro atoms. The van der Waals surface area contributed by atoms with Crippen molar-refractivity contribution < 1.29 is 4.79 Å². The second-order valence-corrected chi connectivity index (χ2v) is 5.42. The van der Waals surface area contributed by atoms with Crippen LogP contribution in [0.3, 0.4) is 0 Å². The third-order valence-corrected chi connectivity index (χ3v) is 3.80. The number of nitrogens with two attached hydrogens (primary N) is 1. The minimum atomic E-state index is 0. The quantitative estimate of drug-likeness (QED) is 0.911. The van der Waals surface area contributed by atoms with Gasteiger partial charge in [0.05, 0.1) is 18.1 Å². The Hall–Kier alpha value is -1.98. The number of nitrogens with zero attached hydrogens (tertiary/aromatic N) is 2. The summed E-state index contributed by atoms with van der Waals surface area (Å²) in [5.74, 6) is 0.671. The molecule has 0 bridgehead atoms. The summed E-state index contributed by atoms with van der Waals surface area (Å²) in [4.78, 5) is 20.7. The first-order valence-electron chi connectivity index (χ1n) is 7.16. The fraction of sp³-hybridized carbons (Fsp3) is 0.312. The molecule has 1 saturated carbocycles. The van der Waals surface area contributed by atoms with E-state index in [0.717, 1.165) is 24.8 Å². The van der Waals surface area contributed by atoms with Gasteiger partial charge >= 0.3 is 0 Å². The number of rotatable bonds is 3. The van der Waals surface area contributed by atoms with Gasteiger partial charge < -0.3 is 11.1 Å². The number of anilines is 1. The van der Waals surface area contributed by atoms with Gasteiger partial charge in [-0.05, 0) is 19.3 Å². The van der Waals surface area contributed by atoms with Crippen LogP contribution < -0.4 is 11.1 Å². The van der Waals surface area contributed by atoms with Gasteiger partial charge in [-0.1, -0.05) is 30.3 Å². The second kappa shape index (κ2) is 7.33. The van der Waals surface area contributed by atoms with Crippen molar-refractivity contribution in [2.24, 2.45) is 11.7 Å². The van der Waals surface area contributed by atoms with Gasteiger partial charge in [0.15, 0.2) is 5.82 Å². The average Bonchev–Trinajstić information content (AvgIpc) is 2.96. The van der Waals surface area contributed by atoms with Crippen LogP contribution in [0.2, 0.25) is 0 Å². The van der Waals surface area contributed by atoms with E-state index < -0.39 is 0 Å². The summed E-state index contributed by atoms with van der Waals surface area (Å²) in [5.41, 5.74) is 7.42. The molecule has 2 atom stereocenters. The van der Waals surface area contributed by atoms with Crippen molar-refractivity contribution in [3.05, 3.63) is 42.7 Å².